The summed E-state index contributed by atoms with van der Waals surface area (Å²) >= 11 is 0. The molecule has 0 spiro atoms. The highest BCUT2D eigenvalue weighted by molar-refractivity contribution is 5.96. The van der Waals surface area contributed by atoms with Gasteiger partial charge in [-0.2, -0.15) is 0 Å². The van der Waals surface area contributed by atoms with E-state index in [1.54, 1.807) is 6.07 Å². The molecule has 0 bridgehead atoms. The number of benzene rings is 1. The lowest BCUT2D eigenvalue weighted by molar-refractivity contribution is 0.0696. The maximum atomic E-state index is 12.6. The average Bonchev–Trinajstić information content (AvgIpc) is 2.56. The third-order valence-electron chi connectivity index (χ3n) is 4.59. The maximum absolute atomic E-state index is 12.6. The largest absolute Gasteiger partial charge is 0.397 e. The molecule has 2 rings (SSSR count). The number of amides is 1. The van der Waals surface area contributed by atoms with Crippen molar-refractivity contribution in [2.45, 2.75) is 57.9 Å². The van der Waals surface area contributed by atoms with Gasteiger partial charge in [-0.05, 0) is 37.5 Å². The van der Waals surface area contributed by atoms with Gasteiger partial charge in [0.2, 0.25) is 0 Å². The minimum absolute atomic E-state index is 0.0821. The van der Waals surface area contributed by atoms with Crippen LogP contribution in [0.4, 0.5) is 11.4 Å². The molecule has 1 aliphatic rings. The number of nitrogens with one attached hydrogen (secondary N) is 1. The molecule has 0 aliphatic heterocycles. The maximum Gasteiger partial charge on any atom is 0.253 e. The number of carbonyl (C=O) groups excluding carboxylic acids is 1. The Morgan fingerprint density at radius 3 is 2.68 bits per heavy atom. The molecule has 0 atom stereocenters. The van der Waals surface area contributed by atoms with Gasteiger partial charge in [-0.25, -0.2) is 0 Å². The average molecular weight is 303 g/mol. The molecule has 0 radical (unpaired) electrons. The molecule has 122 valence electrons. The van der Waals surface area contributed by atoms with Crippen LogP contribution in [0, 0.1) is 0 Å². The Bertz CT molecular complexity index is 495. The van der Waals surface area contributed by atoms with E-state index in [1.807, 2.05) is 24.1 Å². The summed E-state index contributed by atoms with van der Waals surface area (Å²) in [5.41, 5.74) is 8.35. The predicted octanol–water partition coefficient (Wildman–Crippen LogP) is 3.89. The van der Waals surface area contributed by atoms with Gasteiger partial charge in [0.05, 0.1) is 11.4 Å². The molecule has 3 N–H and O–H groups in total. The SMILES string of the molecule is CCCCNc1ccc(C(=O)N(C)C2CCCCC2)cc1N. The van der Waals surface area contributed by atoms with Crippen molar-refractivity contribution < 1.29 is 4.79 Å². The number of anilines is 2. The van der Waals surface area contributed by atoms with E-state index in [1.165, 1.54) is 19.3 Å². The summed E-state index contributed by atoms with van der Waals surface area (Å²) in [6, 6.07) is 5.99. The van der Waals surface area contributed by atoms with E-state index in [9.17, 15) is 4.79 Å². The highest BCUT2D eigenvalue weighted by Gasteiger charge is 2.23. The van der Waals surface area contributed by atoms with Crippen LogP contribution in [0.2, 0.25) is 0 Å². The van der Waals surface area contributed by atoms with Crippen molar-refractivity contribution in [3.8, 4) is 0 Å². The fourth-order valence-electron chi connectivity index (χ4n) is 3.09. The number of unbranched alkanes of at least 4 members (excludes halogenated alkanes) is 1. The van der Waals surface area contributed by atoms with Gasteiger partial charge in [-0.1, -0.05) is 32.6 Å². The molecule has 0 unspecified atom stereocenters. The molecule has 0 aromatic heterocycles. The summed E-state index contributed by atoms with van der Waals surface area (Å²) in [6.45, 7) is 3.07. The van der Waals surface area contributed by atoms with E-state index in [-0.39, 0.29) is 5.91 Å². The van der Waals surface area contributed by atoms with Crippen molar-refractivity contribution in [2.75, 3.05) is 24.6 Å². The molecule has 1 aromatic rings. The summed E-state index contributed by atoms with van der Waals surface area (Å²) < 4.78 is 0. The van der Waals surface area contributed by atoms with Gasteiger partial charge < -0.3 is 16.0 Å². The Morgan fingerprint density at radius 1 is 1.32 bits per heavy atom. The van der Waals surface area contributed by atoms with Crippen LogP contribution in [-0.2, 0) is 0 Å². The standard InChI is InChI=1S/C18H29N3O/c1-3-4-12-20-17-11-10-14(13-16(17)19)18(22)21(2)15-8-6-5-7-9-15/h10-11,13,15,20H,3-9,12,19H2,1-2H3. The van der Waals surface area contributed by atoms with Crippen molar-refractivity contribution in [1.82, 2.24) is 4.90 Å². The second kappa shape index (κ2) is 8.06. The minimum atomic E-state index is 0.0821. The quantitative estimate of drug-likeness (QED) is 0.619. The van der Waals surface area contributed by atoms with Crippen LogP contribution in [0.3, 0.4) is 0 Å². The predicted molar refractivity (Wildman–Crippen MR) is 93.2 cm³/mol. The number of carbonyl (C=O) groups is 1. The first kappa shape index (κ1) is 16.7. The normalized spacial score (nSPS) is 15.5. The van der Waals surface area contributed by atoms with Crippen molar-refractivity contribution in [3.05, 3.63) is 23.8 Å². The topological polar surface area (TPSA) is 58.4 Å². The molecule has 4 heteroatoms. The van der Waals surface area contributed by atoms with Gasteiger partial charge in [-0.15, -0.1) is 0 Å². The van der Waals surface area contributed by atoms with E-state index in [0.717, 1.165) is 37.9 Å². The van der Waals surface area contributed by atoms with Crippen LogP contribution in [0.25, 0.3) is 0 Å². The lowest BCUT2D eigenvalue weighted by atomic mass is 9.94. The molecule has 1 amide bonds. The zero-order valence-corrected chi connectivity index (χ0v) is 13.9. The second-order valence-electron chi connectivity index (χ2n) is 6.29. The Morgan fingerprint density at radius 2 is 2.05 bits per heavy atom. The van der Waals surface area contributed by atoms with Crippen LogP contribution >= 0.6 is 0 Å². The molecular weight excluding hydrogens is 274 g/mol. The molecule has 0 heterocycles. The van der Waals surface area contributed by atoms with Crippen LogP contribution < -0.4 is 11.1 Å². The number of nitrogen functional groups attached to an aromatic ring is 1. The first-order valence-corrected chi connectivity index (χ1v) is 8.54. The van der Waals surface area contributed by atoms with Crippen LogP contribution in [-0.4, -0.2) is 30.4 Å². The van der Waals surface area contributed by atoms with E-state index in [0.29, 0.717) is 17.3 Å². The first-order valence-electron chi connectivity index (χ1n) is 8.54. The van der Waals surface area contributed by atoms with Crippen LogP contribution in [0.15, 0.2) is 18.2 Å². The van der Waals surface area contributed by atoms with E-state index in [4.69, 9.17) is 5.73 Å². The summed E-state index contributed by atoms with van der Waals surface area (Å²) in [7, 11) is 1.92. The number of rotatable bonds is 6. The molecule has 1 saturated carbocycles. The van der Waals surface area contributed by atoms with Crippen LogP contribution in [0.5, 0.6) is 0 Å². The Labute approximate surface area is 134 Å². The fourth-order valence-corrected chi connectivity index (χ4v) is 3.09. The van der Waals surface area contributed by atoms with E-state index in [2.05, 4.69) is 12.2 Å². The van der Waals surface area contributed by atoms with Gasteiger partial charge in [0.1, 0.15) is 0 Å². The van der Waals surface area contributed by atoms with Gasteiger partial charge in [0.25, 0.3) is 5.91 Å². The summed E-state index contributed by atoms with van der Waals surface area (Å²) in [4.78, 5) is 14.5. The molecule has 1 aromatic carbocycles. The Kier molecular flexibility index (Phi) is 6.10. The van der Waals surface area contributed by atoms with E-state index >= 15 is 0 Å². The smallest absolute Gasteiger partial charge is 0.253 e. The van der Waals surface area contributed by atoms with Gasteiger partial charge >= 0.3 is 0 Å². The molecule has 1 aliphatic carbocycles. The summed E-state index contributed by atoms with van der Waals surface area (Å²) in [6.07, 6.45) is 8.25. The lowest BCUT2D eigenvalue weighted by Gasteiger charge is -2.31. The number of nitrogens with zero attached hydrogens (tertiary/aromatic N) is 1. The van der Waals surface area contributed by atoms with Crippen molar-refractivity contribution in [1.29, 1.82) is 0 Å². The Hall–Kier alpha value is -1.71. The molecule has 1 fully saturated rings. The van der Waals surface area contributed by atoms with Crippen molar-refractivity contribution >= 4 is 17.3 Å². The minimum Gasteiger partial charge on any atom is -0.397 e. The van der Waals surface area contributed by atoms with E-state index < -0.39 is 0 Å². The molecular formula is C18H29N3O. The lowest BCUT2D eigenvalue weighted by Crippen LogP contribution is -2.38. The van der Waals surface area contributed by atoms with Crippen molar-refractivity contribution in [2.24, 2.45) is 0 Å². The monoisotopic (exact) mass is 303 g/mol. The highest BCUT2D eigenvalue weighted by atomic mass is 16.2. The summed E-state index contributed by atoms with van der Waals surface area (Å²) in [5, 5.41) is 3.32. The number of nitrogens with two attached hydrogens (primary N) is 1. The Balaban J connectivity index is 2.01. The van der Waals surface area contributed by atoms with Gasteiger partial charge in [-0.3, -0.25) is 4.79 Å². The molecule has 22 heavy (non-hydrogen) atoms. The number of hydrogen-bond acceptors (Lipinski definition) is 3. The molecule has 0 saturated heterocycles. The third kappa shape index (κ3) is 4.15. The zero-order valence-electron chi connectivity index (χ0n) is 13.9. The highest BCUT2D eigenvalue weighted by Crippen LogP contribution is 2.25. The van der Waals surface area contributed by atoms with Crippen molar-refractivity contribution in [3.63, 3.8) is 0 Å². The zero-order chi connectivity index (χ0) is 15.9. The first-order chi connectivity index (χ1) is 10.6. The number of hydrogen-bond donors (Lipinski definition) is 2. The summed E-state index contributed by atoms with van der Waals surface area (Å²) in [5.74, 6) is 0.0821. The van der Waals surface area contributed by atoms with Gasteiger partial charge in [0.15, 0.2) is 0 Å². The second-order valence-corrected chi connectivity index (χ2v) is 6.29. The molecule has 4 nitrogen and oxygen atoms in total. The van der Waals surface area contributed by atoms with Gasteiger partial charge in [0, 0.05) is 25.2 Å². The fraction of sp³-hybridized carbons (Fsp3) is 0.611. The van der Waals surface area contributed by atoms with Crippen LogP contribution in [0.1, 0.15) is 62.2 Å². The third-order valence-corrected chi connectivity index (χ3v) is 4.59.